The number of methoxy groups -OCH3 is 1. The number of halogens is 1. The lowest BCUT2D eigenvalue weighted by Crippen LogP contribution is -2.24. The van der Waals surface area contributed by atoms with Crippen LogP contribution in [0.2, 0.25) is 5.15 Å². The Labute approximate surface area is 103 Å². The SMILES string of the molecule is CCN(c1nc(Cl)c(C(=O)OC)s1)C1CC1. The van der Waals surface area contributed by atoms with Crippen LogP contribution >= 0.6 is 22.9 Å². The van der Waals surface area contributed by atoms with Crippen LogP contribution in [0.4, 0.5) is 5.13 Å². The lowest BCUT2D eigenvalue weighted by molar-refractivity contribution is 0.0606. The molecule has 0 N–H and O–H groups in total. The smallest absolute Gasteiger partial charge is 0.351 e. The van der Waals surface area contributed by atoms with Gasteiger partial charge in [0.05, 0.1) is 7.11 Å². The van der Waals surface area contributed by atoms with E-state index in [2.05, 4.69) is 21.5 Å². The minimum Gasteiger partial charge on any atom is -0.465 e. The molecule has 0 saturated heterocycles. The van der Waals surface area contributed by atoms with Crippen LogP contribution in [0, 0.1) is 0 Å². The van der Waals surface area contributed by atoms with Crippen LogP contribution in [0.15, 0.2) is 0 Å². The summed E-state index contributed by atoms with van der Waals surface area (Å²) in [6.07, 6.45) is 2.39. The Hall–Kier alpha value is -0.810. The second-order valence-corrected chi connectivity index (χ2v) is 4.96. The third-order valence-electron chi connectivity index (χ3n) is 2.52. The molecule has 0 atom stereocenters. The summed E-state index contributed by atoms with van der Waals surface area (Å²) < 4.78 is 4.65. The van der Waals surface area contributed by atoms with E-state index < -0.39 is 5.97 Å². The monoisotopic (exact) mass is 260 g/mol. The Morgan fingerprint density at radius 1 is 1.69 bits per heavy atom. The highest BCUT2D eigenvalue weighted by Gasteiger charge is 2.31. The van der Waals surface area contributed by atoms with E-state index in [1.54, 1.807) is 0 Å². The summed E-state index contributed by atoms with van der Waals surface area (Å²) in [6, 6.07) is 0.567. The summed E-state index contributed by atoms with van der Waals surface area (Å²) in [7, 11) is 1.34. The van der Waals surface area contributed by atoms with Crippen LogP contribution in [-0.4, -0.2) is 30.6 Å². The van der Waals surface area contributed by atoms with Gasteiger partial charge >= 0.3 is 5.97 Å². The summed E-state index contributed by atoms with van der Waals surface area (Å²) >= 11 is 7.22. The quantitative estimate of drug-likeness (QED) is 0.781. The van der Waals surface area contributed by atoms with Gasteiger partial charge in [0.1, 0.15) is 0 Å². The molecule has 1 aromatic rings. The highest BCUT2D eigenvalue weighted by molar-refractivity contribution is 7.18. The molecule has 0 bridgehead atoms. The molecule has 1 heterocycles. The average Bonchev–Trinajstić information content (AvgIpc) is 3.03. The third kappa shape index (κ3) is 2.15. The van der Waals surface area contributed by atoms with Crippen molar-refractivity contribution in [3.05, 3.63) is 10.0 Å². The van der Waals surface area contributed by atoms with Crippen molar-refractivity contribution < 1.29 is 9.53 Å². The minimum atomic E-state index is -0.416. The van der Waals surface area contributed by atoms with Gasteiger partial charge in [-0.05, 0) is 19.8 Å². The standard InChI is InChI=1S/C10H13ClN2O2S/c1-3-13(6-4-5-6)10-12-8(11)7(16-10)9(14)15-2/h6H,3-5H2,1-2H3. The van der Waals surface area contributed by atoms with E-state index in [0.717, 1.165) is 11.7 Å². The summed E-state index contributed by atoms with van der Waals surface area (Å²) in [5.41, 5.74) is 0. The molecule has 2 rings (SSSR count). The molecule has 1 fully saturated rings. The lowest BCUT2D eigenvalue weighted by Gasteiger charge is -2.18. The topological polar surface area (TPSA) is 42.4 Å². The number of rotatable bonds is 4. The van der Waals surface area contributed by atoms with Crippen LogP contribution in [0.3, 0.4) is 0 Å². The van der Waals surface area contributed by atoms with Gasteiger partial charge in [0.25, 0.3) is 0 Å². The van der Waals surface area contributed by atoms with Crippen molar-refractivity contribution in [1.29, 1.82) is 0 Å². The van der Waals surface area contributed by atoms with Crippen molar-refractivity contribution in [3.8, 4) is 0 Å². The normalized spacial score (nSPS) is 14.9. The molecule has 4 nitrogen and oxygen atoms in total. The van der Waals surface area contributed by atoms with Gasteiger partial charge in [-0.3, -0.25) is 0 Å². The second-order valence-electron chi connectivity index (χ2n) is 3.63. The number of hydrogen-bond acceptors (Lipinski definition) is 5. The number of esters is 1. The van der Waals surface area contributed by atoms with Crippen molar-refractivity contribution in [2.24, 2.45) is 0 Å². The first-order chi connectivity index (χ1) is 7.67. The summed E-state index contributed by atoms with van der Waals surface area (Å²) in [5, 5.41) is 1.06. The van der Waals surface area contributed by atoms with E-state index in [4.69, 9.17) is 11.6 Å². The molecule has 88 valence electrons. The van der Waals surface area contributed by atoms with Crippen LogP contribution in [0.5, 0.6) is 0 Å². The molecule has 6 heteroatoms. The molecule has 0 aliphatic heterocycles. The summed E-state index contributed by atoms with van der Waals surface area (Å²) in [6.45, 7) is 2.96. The molecule has 0 aromatic carbocycles. The van der Waals surface area contributed by atoms with Crippen LogP contribution < -0.4 is 4.90 Å². The molecule has 16 heavy (non-hydrogen) atoms. The highest BCUT2D eigenvalue weighted by Crippen LogP contribution is 2.36. The first kappa shape index (κ1) is 11.7. The number of anilines is 1. The maximum absolute atomic E-state index is 11.4. The molecule has 1 aromatic heterocycles. The molecule has 1 aliphatic rings. The number of hydrogen-bond donors (Lipinski definition) is 0. The molecular formula is C10H13ClN2O2S. The molecule has 1 aliphatic carbocycles. The fraction of sp³-hybridized carbons (Fsp3) is 0.600. The Kier molecular flexibility index (Phi) is 3.35. The van der Waals surface area contributed by atoms with E-state index >= 15 is 0 Å². The fourth-order valence-corrected chi connectivity index (χ4v) is 2.90. The zero-order valence-corrected chi connectivity index (χ0v) is 10.8. The molecule has 0 unspecified atom stereocenters. The zero-order valence-electron chi connectivity index (χ0n) is 9.20. The van der Waals surface area contributed by atoms with Crippen LogP contribution in [0.1, 0.15) is 29.4 Å². The second kappa shape index (κ2) is 4.59. The number of aromatic nitrogens is 1. The number of carbonyl (C=O) groups excluding carboxylic acids is 1. The average molecular weight is 261 g/mol. The highest BCUT2D eigenvalue weighted by atomic mass is 35.5. The zero-order chi connectivity index (χ0) is 11.7. The Morgan fingerprint density at radius 2 is 2.38 bits per heavy atom. The molecular weight excluding hydrogens is 248 g/mol. The Morgan fingerprint density at radius 3 is 2.88 bits per heavy atom. The van der Waals surface area contributed by atoms with Gasteiger partial charge in [0.15, 0.2) is 15.2 Å². The number of nitrogens with zero attached hydrogens (tertiary/aromatic N) is 2. The molecule has 0 radical (unpaired) electrons. The summed E-state index contributed by atoms with van der Waals surface area (Å²) in [5.74, 6) is -0.416. The van der Waals surface area contributed by atoms with E-state index in [0.29, 0.717) is 10.9 Å². The van der Waals surface area contributed by atoms with Gasteiger partial charge in [-0.25, -0.2) is 9.78 Å². The van der Waals surface area contributed by atoms with Gasteiger partial charge in [-0.1, -0.05) is 22.9 Å². The Bertz CT molecular complexity index is 404. The number of carbonyl (C=O) groups is 1. The lowest BCUT2D eigenvalue weighted by atomic mass is 10.5. The van der Waals surface area contributed by atoms with Crippen molar-refractivity contribution in [2.75, 3.05) is 18.6 Å². The number of thiazole rings is 1. The summed E-state index contributed by atoms with van der Waals surface area (Å²) in [4.78, 5) is 18.2. The first-order valence-corrected chi connectivity index (χ1v) is 6.38. The first-order valence-electron chi connectivity index (χ1n) is 5.18. The molecule has 0 amide bonds. The van der Waals surface area contributed by atoms with Gasteiger partial charge in [-0.15, -0.1) is 0 Å². The van der Waals surface area contributed by atoms with Crippen molar-refractivity contribution in [3.63, 3.8) is 0 Å². The van der Waals surface area contributed by atoms with Crippen molar-refractivity contribution in [1.82, 2.24) is 4.98 Å². The fourth-order valence-electron chi connectivity index (χ4n) is 1.57. The Balaban J connectivity index is 2.25. The van der Waals surface area contributed by atoms with Gasteiger partial charge in [0.2, 0.25) is 0 Å². The largest absolute Gasteiger partial charge is 0.465 e. The predicted molar refractivity (Wildman–Crippen MR) is 64.5 cm³/mol. The maximum atomic E-state index is 11.4. The predicted octanol–water partition coefficient (Wildman–Crippen LogP) is 2.57. The van der Waals surface area contributed by atoms with Crippen LogP contribution in [-0.2, 0) is 4.74 Å². The van der Waals surface area contributed by atoms with E-state index in [1.807, 2.05) is 0 Å². The molecule has 0 spiro atoms. The minimum absolute atomic E-state index is 0.242. The van der Waals surface area contributed by atoms with Crippen molar-refractivity contribution >= 4 is 34.0 Å². The third-order valence-corrected chi connectivity index (χ3v) is 3.98. The number of ether oxygens (including phenoxy) is 1. The molecule has 1 saturated carbocycles. The van der Waals surface area contributed by atoms with Gasteiger partial charge in [-0.2, -0.15) is 0 Å². The van der Waals surface area contributed by atoms with Gasteiger partial charge in [0, 0.05) is 12.6 Å². The maximum Gasteiger partial charge on any atom is 0.351 e. The van der Waals surface area contributed by atoms with E-state index in [-0.39, 0.29) is 5.15 Å². The van der Waals surface area contributed by atoms with Crippen LogP contribution in [0.25, 0.3) is 0 Å². The van der Waals surface area contributed by atoms with Crippen molar-refractivity contribution in [2.45, 2.75) is 25.8 Å². The van der Waals surface area contributed by atoms with Gasteiger partial charge < -0.3 is 9.64 Å². The van der Waals surface area contributed by atoms with E-state index in [9.17, 15) is 4.79 Å². The van der Waals surface area contributed by atoms with E-state index in [1.165, 1.54) is 31.3 Å².